The fraction of sp³-hybridized carbons (Fsp3) is 0.250. The number of hydrogen-bond donors (Lipinski definition) is 3. The van der Waals surface area contributed by atoms with E-state index in [0.29, 0.717) is 10.6 Å². The summed E-state index contributed by atoms with van der Waals surface area (Å²) in [6.45, 7) is 3.89. The second-order valence-electron chi connectivity index (χ2n) is 6.39. The third-order valence-corrected chi connectivity index (χ3v) is 4.35. The van der Waals surface area contributed by atoms with Crippen LogP contribution in [-0.4, -0.2) is 28.9 Å². The first-order valence-electron chi connectivity index (χ1n) is 8.45. The van der Waals surface area contributed by atoms with E-state index >= 15 is 0 Å². The molecule has 0 fully saturated rings. The van der Waals surface area contributed by atoms with Crippen LogP contribution in [0.2, 0.25) is 5.02 Å². The average molecular weight is 389 g/mol. The molecular formula is C20H21ClN2O4. The van der Waals surface area contributed by atoms with Crippen LogP contribution in [0.25, 0.3) is 0 Å². The minimum atomic E-state index is -1.01. The summed E-state index contributed by atoms with van der Waals surface area (Å²) in [6, 6.07) is 12.1. The maximum atomic E-state index is 12.5. The van der Waals surface area contributed by atoms with E-state index < -0.39 is 17.9 Å². The van der Waals surface area contributed by atoms with Crippen LogP contribution in [0, 0.1) is 5.92 Å². The minimum Gasteiger partial charge on any atom is -0.478 e. The molecule has 6 nitrogen and oxygen atoms in total. The SMILES string of the molecule is CC(C)C(NC(=O)c1ccccc1Cl)C(=O)NCc1ccc(C(=O)O)cc1. The number of amides is 2. The molecule has 0 aliphatic carbocycles. The molecule has 142 valence electrons. The first kappa shape index (κ1) is 20.5. The summed E-state index contributed by atoms with van der Waals surface area (Å²) in [5.41, 5.74) is 1.24. The lowest BCUT2D eigenvalue weighted by molar-refractivity contribution is -0.124. The first-order valence-corrected chi connectivity index (χ1v) is 8.82. The van der Waals surface area contributed by atoms with Gasteiger partial charge in [0.15, 0.2) is 0 Å². The molecule has 0 bridgehead atoms. The molecule has 0 saturated carbocycles. The highest BCUT2D eigenvalue weighted by molar-refractivity contribution is 6.33. The third-order valence-electron chi connectivity index (χ3n) is 4.02. The van der Waals surface area contributed by atoms with Crippen LogP contribution >= 0.6 is 11.6 Å². The number of aromatic carboxylic acids is 1. The highest BCUT2D eigenvalue weighted by Crippen LogP contribution is 2.15. The van der Waals surface area contributed by atoms with Gasteiger partial charge >= 0.3 is 5.97 Å². The molecule has 2 aromatic rings. The second kappa shape index (κ2) is 9.19. The van der Waals surface area contributed by atoms with Crippen LogP contribution in [0.4, 0.5) is 0 Å². The van der Waals surface area contributed by atoms with Crippen LogP contribution in [0.1, 0.15) is 40.1 Å². The Kier molecular flexibility index (Phi) is 6.96. The highest BCUT2D eigenvalue weighted by Gasteiger charge is 2.25. The van der Waals surface area contributed by atoms with Crippen molar-refractivity contribution in [2.75, 3.05) is 0 Å². The van der Waals surface area contributed by atoms with Crippen molar-refractivity contribution in [2.24, 2.45) is 5.92 Å². The summed E-state index contributed by atoms with van der Waals surface area (Å²) < 4.78 is 0. The molecule has 0 aliphatic rings. The Bertz CT molecular complexity index is 834. The number of nitrogens with one attached hydrogen (secondary N) is 2. The van der Waals surface area contributed by atoms with E-state index in [1.807, 2.05) is 13.8 Å². The van der Waals surface area contributed by atoms with E-state index in [1.54, 1.807) is 36.4 Å². The molecule has 0 spiro atoms. The molecule has 2 aromatic carbocycles. The van der Waals surface area contributed by atoms with Crippen molar-refractivity contribution in [1.82, 2.24) is 10.6 Å². The van der Waals surface area contributed by atoms with Crippen molar-refractivity contribution < 1.29 is 19.5 Å². The van der Waals surface area contributed by atoms with Crippen molar-refractivity contribution in [3.63, 3.8) is 0 Å². The number of carbonyl (C=O) groups is 3. The molecule has 2 amide bonds. The van der Waals surface area contributed by atoms with Gasteiger partial charge in [0.05, 0.1) is 16.1 Å². The van der Waals surface area contributed by atoms with Crippen molar-refractivity contribution in [1.29, 1.82) is 0 Å². The number of carboxylic acid groups (broad SMARTS) is 1. The van der Waals surface area contributed by atoms with Crippen LogP contribution in [0.15, 0.2) is 48.5 Å². The van der Waals surface area contributed by atoms with Crippen molar-refractivity contribution in [3.8, 4) is 0 Å². The fourth-order valence-electron chi connectivity index (χ4n) is 2.46. The van der Waals surface area contributed by atoms with Gasteiger partial charge in [-0.15, -0.1) is 0 Å². The highest BCUT2D eigenvalue weighted by atomic mass is 35.5. The van der Waals surface area contributed by atoms with Gasteiger partial charge in [0.1, 0.15) is 6.04 Å². The average Bonchev–Trinajstić information content (AvgIpc) is 2.64. The van der Waals surface area contributed by atoms with E-state index in [2.05, 4.69) is 10.6 Å². The van der Waals surface area contributed by atoms with Crippen molar-refractivity contribution >= 4 is 29.4 Å². The van der Waals surface area contributed by atoms with E-state index in [4.69, 9.17) is 16.7 Å². The number of carboxylic acids is 1. The largest absolute Gasteiger partial charge is 0.478 e. The van der Waals surface area contributed by atoms with E-state index in [-0.39, 0.29) is 23.9 Å². The number of carbonyl (C=O) groups excluding carboxylic acids is 2. The van der Waals surface area contributed by atoms with E-state index in [0.717, 1.165) is 5.56 Å². The Balaban J connectivity index is 2.01. The zero-order chi connectivity index (χ0) is 20.0. The summed E-state index contributed by atoms with van der Waals surface area (Å²) >= 11 is 6.03. The standard InChI is InChI=1S/C20H21ClN2O4/c1-12(2)17(23-18(24)15-5-3-4-6-16(15)21)19(25)22-11-13-7-9-14(10-8-13)20(26)27/h3-10,12,17H,11H2,1-2H3,(H,22,25)(H,23,24)(H,26,27). The molecule has 0 heterocycles. The Morgan fingerprint density at radius 1 is 1.04 bits per heavy atom. The number of halogens is 1. The van der Waals surface area contributed by atoms with Crippen molar-refractivity contribution in [2.45, 2.75) is 26.4 Å². The first-order chi connectivity index (χ1) is 12.8. The van der Waals surface area contributed by atoms with E-state index in [9.17, 15) is 14.4 Å². The number of hydrogen-bond acceptors (Lipinski definition) is 3. The lowest BCUT2D eigenvalue weighted by Crippen LogP contribution is -2.49. The Hall–Kier alpha value is -2.86. The lowest BCUT2D eigenvalue weighted by atomic mass is 10.0. The second-order valence-corrected chi connectivity index (χ2v) is 6.80. The summed E-state index contributed by atoms with van der Waals surface area (Å²) in [6.07, 6.45) is 0. The normalized spacial score (nSPS) is 11.7. The van der Waals surface area contributed by atoms with Gasteiger partial charge < -0.3 is 15.7 Å². The molecule has 27 heavy (non-hydrogen) atoms. The minimum absolute atomic E-state index is 0.133. The molecular weight excluding hydrogens is 368 g/mol. The van der Waals surface area contributed by atoms with E-state index in [1.165, 1.54) is 12.1 Å². The van der Waals surface area contributed by atoms with Crippen LogP contribution < -0.4 is 10.6 Å². The summed E-state index contributed by atoms with van der Waals surface area (Å²) in [5, 5.41) is 14.7. The topological polar surface area (TPSA) is 95.5 Å². The predicted octanol–water partition coefficient (Wildman–Crippen LogP) is 3.11. The predicted molar refractivity (Wildman–Crippen MR) is 103 cm³/mol. The zero-order valence-corrected chi connectivity index (χ0v) is 15.8. The maximum absolute atomic E-state index is 12.5. The Morgan fingerprint density at radius 3 is 2.22 bits per heavy atom. The number of rotatable bonds is 7. The third kappa shape index (κ3) is 5.56. The van der Waals surface area contributed by atoms with Gasteiger partial charge in [-0.2, -0.15) is 0 Å². The smallest absolute Gasteiger partial charge is 0.335 e. The van der Waals surface area contributed by atoms with Crippen molar-refractivity contribution in [3.05, 3.63) is 70.2 Å². The molecule has 3 N–H and O–H groups in total. The summed E-state index contributed by atoms with van der Waals surface area (Å²) in [7, 11) is 0. The van der Waals surface area contributed by atoms with Gasteiger partial charge in [-0.1, -0.05) is 49.7 Å². The Labute approximate surface area is 162 Å². The molecule has 0 aromatic heterocycles. The number of benzene rings is 2. The Morgan fingerprint density at radius 2 is 1.67 bits per heavy atom. The maximum Gasteiger partial charge on any atom is 0.335 e. The molecule has 1 atom stereocenters. The molecule has 0 radical (unpaired) electrons. The molecule has 1 unspecified atom stereocenters. The van der Waals surface area contributed by atoms with Gasteiger partial charge in [-0.3, -0.25) is 9.59 Å². The van der Waals surface area contributed by atoms with Gasteiger partial charge in [-0.25, -0.2) is 4.79 Å². The summed E-state index contributed by atoms with van der Waals surface area (Å²) in [5.74, 6) is -1.88. The monoisotopic (exact) mass is 388 g/mol. The zero-order valence-electron chi connectivity index (χ0n) is 15.0. The fourth-order valence-corrected chi connectivity index (χ4v) is 2.69. The summed E-state index contributed by atoms with van der Waals surface area (Å²) in [4.78, 5) is 35.8. The van der Waals surface area contributed by atoms with Crippen LogP contribution in [-0.2, 0) is 11.3 Å². The van der Waals surface area contributed by atoms with Gasteiger partial charge in [0.25, 0.3) is 5.91 Å². The quantitative estimate of drug-likeness (QED) is 0.679. The molecule has 0 saturated heterocycles. The van der Waals surface area contributed by atoms with Crippen LogP contribution in [0.3, 0.4) is 0 Å². The van der Waals surface area contributed by atoms with Gasteiger partial charge in [0, 0.05) is 6.54 Å². The van der Waals surface area contributed by atoms with Gasteiger partial charge in [0.2, 0.25) is 5.91 Å². The lowest BCUT2D eigenvalue weighted by Gasteiger charge is -2.22. The molecule has 0 aliphatic heterocycles. The molecule has 2 rings (SSSR count). The van der Waals surface area contributed by atoms with Crippen LogP contribution in [0.5, 0.6) is 0 Å². The van der Waals surface area contributed by atoms with Gasteiger partial charge in [-0.05, 0) is 35.7 Å². The molecule has 7 heteroatoms.